The maximum absolute atomic E-state index is 12.5. The second-order valence-electron chi connectivity index (χ2n) is 6.77. The van der Waals surface area contributed by atoms with E-state index in [9.17, 15) is 4.79 Å². The summed E-state index contributed by atoms with van der Waals surface area (Å²) in [6.07, 6.45) is 9.13. The van der Waals surface area contributed by atoms with Gasteiger partial charge in [0.2, 0.25) is 0 Å². The van der Waals surface area contributed by atoms with Gasteiger partial charge in [0.15, 0.2) is 0 Å². The molecule has 2 aromatic rings. The third-order valence-corrected chi connectivity index (χ3v) is 5.19. The molecule has 0 spiro atoms. The Hall–Kier alpha value is -1.81. The van der Waals surface area contributed by atoms with Crippen LogP contribution in [0.4, 0.5) is 0 Å². The number of amides is 1. The predicted octanol–water partition coefficient (Wildman–Crippen LogP) is 3.88. The molecule has 2 N–H and O–H groups in total. The highest BCUT2D eigenvalue weighted by molar-refractivity contribution is 5.97. The van der Waals surface area contributed by atoms with Crippen LogP contribution in [-0.4, -0.2) is 31.2 Å². The maximum atomic E-state index is 12.5. The van der Waals surface area contributed by atoms with Gasteiger partial charge < -0.3 is 15.0 Å². The van der Waals surface area contributed by atoms with Crippen molar-refractivity contribution in [1.29, 1.82) is 0 Å². The molecule has 0 bridgehead atoms. The third kappa shape index (κ3) is 3.75. The molecule has 1 fully saturated rings. The molecule has 1 aromatic heterocycles. The number of aromatic nitrogens is 1. The molecule has 1 aliphatic rings. The Kier molecular flexibility index (Phi) is 5.01. The van der Waals surface area contributed by atoms with E-state index in [2.05, 4.69) is 10.3 Å². The molecular formula is C19H26N2O2. The Morgan fingerprint density at radius 1 is 1.26 bits per heavy atom. The topological polar surface area (TPSA) is 54.1 Å². The number of rotatable bonds is 6. The van der Waals surface area contributed by atoms with E-state index >= 15 is 0 Å². The van der Waals surface area contributed by atoms with Gasteiger partial charge in [-0.3, -0.25) is 4.79 Å². The van der Waals surface area contributed by atoms with Crippen LogP contribution in [0, 0.1) is 5.41 Å². The summed E-state index contributed by atoms with van der Waals surface area (Å²) in [7, 11) is 1.75. The summed E-state index contributed by atoms with van der Waals surface area (Å²) in [6.45, 7) is 1.52. The van der Waals surface area contributed by atoms with Crippen molar-refractivity contribution < 1.29 is 9.53 Å². The van der Waals surface area contributed by atoms with Crippen molar-refractivity contribution in [3.63, 3.8) is 0 Å². The van der Waals surface area contributed by atoms with Crippen LogP contribution in [0.1, 0.15) is 48.9 Å². The van der Waals surface area contributed by atoms with E-state index < -0.39 is 0 Å². The summed E-state index contributed by atoms with van der Waals surface area (Å²) >= 11 is 0. The van der Waals surface area contributed by atoms with E-state index in [0.717, 1.165) is 36.0 Å². The molecular weight excluding hydrogens is 288 g/mol. The molecule has 0 aliphatic heterocycles. The highest BCUT2D eigenvalue weighted by Gasteiger charge is 2.32. The minimum Gasteiger partial charge on any atom is -0.385 e. The molecule has 4 nitrogen and oxygen atoms in total. The Morgan fingerprint density at radius 3 is 2.87 bits per heavy atom. The van der Waals surface area contributed by atoms with Gasteiger partial charge in [-0.1, -0.05) is 25.3 Å². The number of carbonyl (C=O) groups is 1. The van der Waals surface area contributed by atoms with E-state index in [-0.39, 0.29) is 11.3 Å². The van der Waals surface area contributed by atoms with E-state index in [1.165, 1.54) is 32.1 Å². The predicted molar refractivity (Wildman–Crippen MR) is 92.6 cm³/mol. The van der Waals surface area contributed by atoms with E-state index in [4.69, 9.17) is 4.74 Å². The van der Waals surface area contributed by atoms with E-state index in [1.54, 1.807) is 7.11 Å². The number of nitrogens with one attached hydrogen (secondary N) is 2. The van der Waals surface area contributed by atoms with Crippen LogP contribution in [0.2, 0.25) is 0 Å². The SMILES string of the molecule is COCCC1(CNC(=O)c2ccc3cc[nH]c3c2)CCCCC1. The number of fused-ring (bicyclic) bond motifs is 1. The minimum absolute atomic E-state index is 0.0175. The van der Waals surface area contributed by atoms with Crippen LogP contribution >= 0.6 is 0 Å². The average molecular weight is 314 g/mol. The molecule has 0 unspecified atom stereocenters. The zero-order chi connectivity index (χ0) is 16.1. The average Bonchev–Trinajstić information content (AvgIpc) is 3.06. The van der Waals surface area contributed by atoms with Gasteiger partial charge in [0.1, 0.15) is 0 Å². The van der Waals surface area contributed by atoms with Crippen molar-refractivity contribution in [2.45, 2.75) is 38.5 Å². The summed E-state index contributed by atoms with van der Waals surface area (Å²) in [5, 5.41) is 4.30. The number of benzene rings is 1. The molecule has 1 heterocycles. The van der Waals surface area contributed by atoms with Gasteiger partial charge in [-0.25, -0.2) is 0 Å². The molecule has 124 valence electrons. The maximum Gasteiger partial charge on any atom is 0.251 e. The molecule has 0 saturated heterocycles. The Labute approximate surface area is 137 Å². The molecule has 4 heteroatoms. The fraction of sp³-hybridized carbons (Fsp3) is 0.526. The van der Waals surface area contributed by atoms with Crippen LogP contribution in [0.25, 0.3) is 10.9 Å². The number of aromatic amines is 1. The van der Waals surface area contributed by atoms with E-state index in [0.29, 0.717) is 0 Å². The van der Waals surface area contributed by atoms with Crippen LogP contribution in [0.3, 0.4) is 0 Å². The molecule has 1 aliphatic carbocycles. The molecule has 0 radical (unpaired) electrons. The van der Waals surface area contributed by atoms with Gasteiger partial charge in [-0.15, -0.1) is 0 Å². The third-order valence-electron chi connectivity index (χ3n) is 5.19. The van der Waals surface area contributed by atoms with Crippen molar-refractivity contribution in [2.75, 3.05) is 20.3 Å². The fourth-order valence-electron chi connectivity index (χ4n) is 3.69. The second-order valence-corrected chi connectivity index (χ2v) is 6.77. The smallest absolute Gasteiger partial charge is 0.251 e. The van der Waals surface area contributed by atoms with Gasteiger partial charge in [0.25, 0.3) is 5.91 Å². The number of ether oxygens (including phenoxy) is 1. The number of hydrogen-bond acceptors (Lipinski definition) is 2. The molecule has 1 aromatic carbocycles. The number of carbonyl (C=O) groups excluding carboxylic acids is 1. The molecule has 1 saturated carbocycles. The lowest BCUT2D eigenvalue weighted by atomic mass is 9.72. The van der Waals surface area contributed by atoms with Gasteiger partial charge in [0.05, 0.1) is 0 Å². The lowest BCUT2D eigenvalue weighted by molar-refractivity contribution is 0.0823. The second kappa shape index (κ2) is 7.18. The zero-order valence-corrected chi connectivity index (χ0v) is 13.9. The van der Waals surface area contributed by atoms with Gasteiger partial charge in [-0.2, -0.15) is 0 Å². The molecule has 3 rings (SSSR count). The highest BCUT2D eigenvalue weighted by Crippen LogP contribution is 2.38. The van der Waals surface area contributed by atoms with Crippen LogP contribution in [0.5, 0.6) is 0 Å². The largest absolute Gasteiger partial charge is 0.385 e. The van der Waals surface area contributed by atoms with Crippen LogP contribution < -0.4 is 5.32 Å². The standard InChI is InChI=1S/C19H26N2O2/c1-23-12-10-19(8-3-2-4-9-19)14-21-18(22)16-6-5-15-7-11-20-17(15)13-16/h5-7,11,13,20H,2-4,8-10,12,14H2,1H3,(H,21,22). The summed E-state index contributed by atoms with van der Waals surface area (Å²) in [5.74, 6) is 0.0175. The first-order chi connectivity index (χ1) is 11.2. The van der Waals surface area contributed by atoms with Crippen molar-refractivity contribution >= 4 is 16.8 Å². The zero-order valence-electron chi connectivity index (χ0n) is 13.9. The van der Waals surface area contributed by atoms with Crippen molar-refractivity contribution in [3.05, 3.63) is 36.0 Å². The van der Waals surface area contributed by atoms with Gasteiger partial charge >= 0.3 is 0 Å². The number of H-pyrrole nitrogens is 1. The first-order valence-corrected chi connectivity index (χ1v) is 8.57. The summed E-state index contributed by atoms with van der Waals surface area (Å²) < 4.78 is 5.28. The highest BCUT2D eigenvalue weighted by atomic mass is 16.5. The van der Waals surface area contributed by atoms with Crippen molar-refractivity contribution in [2.24, 2.45) is 5.41 Å². The van der Waals surface area contributed by atoms with Gasteiger partial charge in [-0.05, 0) is 48.3 Å². The van der Waals surface area contributed by atoms with Crippen molar-refractivity contribution in [1.82, 2.24) is 10.3 Å². The Balaban J connectivity index is 1.65. The Bertz CT molecular complexity index is 656. The molecule has 0 atom stereocenters. The monoisotopic (exact) mass is 314 g/mol. The minimum atomic E-state index is 0.0175. The fourth-order valence-corrected chi connectivity index (χ4v) is 3.69. The van der Waals surface area contributed by atoms with Crippen molar-refractivity contribution in [3.8, 4) is 0 Å². The summed E-state index contributed by atoms with van der Waals surface area (Å²) in [4.78, 5) is 15.7. The first kappa shape index (κ1) is 16.1. The lowest BCUT2D eigenvalue weighted by Crippen LogP contribution is -2.39. The Morgan fingerprint density at radius 2 is 2.09 bits per heavy atom. The quantitative estimate of drug-likeness (QED) is 0.850. The number of methoxy groups -OCH3 is 1. The summed E-state index contributed by atoms with van der Waals surface area (Å²) in [5.41, 5.74) is 1.93. The van der Waals surface area contributed by atoms with Crippen LogP contribution in [0.15, 0.2) is 30.5 Å². The van der Waals surface area contributed by atoms with E-state index in [1.807, 2.05) is 30.5 Å². The number of hydrogen-bond donors (Lipinski definition) is 2. The normalized spacial score (nSPS) is 17.3. The van der Waals surface area contributed by atoms with Gasteiger partial charge in [0, 0.05) is 37.5 Å². The lowest BCUT2D eigenvalue weighted by Gasteiger charge is -2.37. The first-order valence-electron chi connectivity index (χ1n) is 8.57. The molecule has 1 amide bonds. The molecule has 23 heavy (non-hydrogen) atoms. The summed E-state index contributed by atoms with van der Waals surface area (Å²) in [6, 6.07) is 7.82. The van der Waals surface area contributed by atoms with Crippen LogP contribution in [-0.2, 0) is 4.74 Å².